The Kier molecular flexibility index (Phi) is 5.58. The number of nitrogens with one attached hydrogen (secondary N) is 1. The molecule has 1 amide bonds. The summed E-state index contributed by atoms with van der Waals surface area (Å²) in [6.45, 7) is 0. The molecule has 2 aromatic carbocycles. The van der Waals surface area contributed by atoms with Gasteiger partial charge >= 0.3 is 0 Å². The summed E-state index contributed by atoms with van der Waals surface area (Å²) in [5.41, 5.74) is 1.15. The van der Waals surface area contributed by atoms with Crippen LogP contribution in [0.4, 0.5) is 5.69 Å². The zero-order chi connectivity index (χ0) is 17.7. The van der Waals surface area contributed by atoms with Gasteiger partial charge in [-0.05, 0) is 29.8 Å². The Labute approximate surface area is 142 Å². The van der Waals surface area contributed by atoms with Crippen molar-refractivity contribution in [3.8, 4) is 5.75 Å². The van der Waals surface area contributed by atoms with Crippen LogP contribution >= 0.6 is 0 Å². The third-order valence-electron chi connectivity index (χ3n) is 3.61. The lowest BCUT2D eigenvalue weighted by atomic mass is 10.1. The quantitative estimate of drug-likeness (QED) is 0.869. The van der Waals surface area contributed by atoms with Gasteiger partial charge in [0, 0.05) is 12.7 Å². The van der Waals surface area contributed by atoms with Gasteiger partial charge in [0.25, 0.3) is 0 Å². The number of likely N-dealkylation sites (N-methyl/N-ethyl adjacent to an activating group) is 1. The lowest BCUT2D eigenvalue weighted by molar-refractivity contribution is -0.119. The fourth-order valence-electron chi connectivity index (χ4n) is 2.24. The van der Waals surface area contributed by atoms with E-state index in [1.807, 2.05) is 6.07 Å². The number of methoxy groups -OCH3 is 1. The molecule has 2 aromatic rings. The number of hydrogen-bond donors (Lipinski definition) is 1. The Balaban J connectivity index is 2.30. The number of sulfonamides is 1. The highest BCUT2D eigenvalue weighted by molar-refractivity contribution is 7.88. The number of amides is 1. The van der Waals surface area contributed by atoms with Crippen molar-refractivity contribution in [3.63, 3.8) is 0 Å². The number of rotatable bonds is 6. The molecule has 0 heterocycles. The van der Waals surface area contributed by atoms with Crippen molar-refractivity contribution < 1.29 is 17.9 Å². The second-order valence-corrected chi connectivity index (χ2v) is 7.35. The van der Waals surface area contributed by atoms with Crippen LogP contribution in [0.1, 0.15) is 11.6 Å². The van der Waals surface area contributed by atoms with Crippen LogP contribution in [0.15, 0.2) is 54.6 Å². The standard InChI is InChI=1S/C17H20N2O4S/c1-19(24(3,21)22)16(13-7-5-4-6-8-13)17(20)18-14-9-11-15(23-2)12-10-14/h4-12,16H,1-3H3,(H,18,20). The van der Waals surface area contributed by atoms with Crippen LogP contribution in [0.2, 0.25) is 0 Å². The molecular formula is C17H20N2O4S. The number of benzene rings is 2. The molecule has 7 heteroatoms. The van der Waals surface area contributed by atoms with Gasteiger partial charge in [-0.1, -0.05) is 30.3 Å². The van der Waals surface area contributed by atoms with Crippen LogP contribution in [-0.4, -0.2) is 39.0 Å². The van der Waals surface area contributed by atoms with Gasteiger partial charge in [-0.15, -0.1) is 0 Å². The van der Waals surface area contributed by atoms with Gasteiger partial charge in [-0.25, -0.2) is 8.42 Å². The van der Waals surface area contributed by atoms with Crippen LogP contribution in [0.25, 0.3) is 0 Å². The van der Waals surface area contributed by atoms with Crippen molar-refractivity contribution in [2.75, 3.05) is 25.7 Å². The maximum atomic E-state index is 12.7. The maximum Gasteiger partial charge on any atom is 0.247 e. The Bertz CT molecular complexity index is 789. The van der Waals surface area contributed by atoms with E-state index < -0.39 is 22.0 Å². The van der Waals surface area contributed by atoms with Crippen molar-refractivity contribution in [1.82, 2.24) is 4.31 Å². The number of carbonyl (C=O) groups is 1. The average Bonchev–Trinajstić information content (AvgIpc) is 2.56. The Morgan fingerprint density at radius 3 is 2.17 bits per heavy atom. The van der Waals surface area contributed by atoms with Crippen molar-refractivity contribution in [3.05, 3.63) is 60.2 Å². The van der Waals surface area contributed by atoms with Gasteiger partial charge in [0.15, 0.2) is 0 Å². The molecule has 2 rings (SSSR count). The number of carbonyl (C=O) groups excluding carboxylic acids is 1. The highest BCUT2D eigenvalue weighted by Crippen LogP contribution is 2.24. The lowest BCUT2D eigenvalue weighted by Crippen LogP contribution is -2.38. The molecule has 0 saturated carbocycles. The van der Waals surface area contributed by atoms with E-state index in [9.17, 15) is 13.2 Å². The molecule has 1 N–H and O–H groups in total. The molecule has 0 aliphatic rings. The first-order valence-electron chi connectivity index (χ1n) is 7.26. The highest BCUT2D eigenvalue weighted by atomic mass is 32.2. The highest BCUT2D eigenvalue weighted by Gasteiger charge is 2.30. The van der Waals surface area contributed by atoms with Gasteiger partial charge in [0.1, 0.15) is 11.8 Å². The summed E-state index contributed by atoms with van der Waals surface area (Å²) in [6, 6.07) is 14.6. The van der Waals surface area contributed by atoms with Crippen LogP contribution in [0, 0.1) is 0 Å². The molecule has 0 radical (unpaired) electrons. The van der Waals surface area contributed by atoms with Crippen molar-refractivity contribution in [2.24, 2.45) is 0 Å². The zero-order valence-electron chi connectivity index (χ0n) is 13.8. The summed E-state index contributed by atoms with van der Waals surface area (Å²) in [4.78, 5) is 12.7. The minimum absolute atomic E-state index is 0.431. The van der Waals surface area contributed by atoms with Gasteiger partial charge in [0.05, 0.1) is 13.4 Å². The molecule has 1 atom stereocenters. The van der Waals surface area contributed by atoms with Crippen molar-refractivity contribution in [2.45, 2.75) is 6.04 Å². The van der Waals surface area contributed by atoms with E-state index in [-0.39, 0.29) is 0 Å². The minimum Gasteiger partial charge on any atom is -0.497 e. The van der Waals surface area contributed by atoms with Crippen LogP contribution in [-0.2, 0) is 14.8 Å². The molecule has 0 aliphatic carbocycles. The van der Waals surface area contributed by atoms with E-state index in [1.165, 1.54) is 7.05 Å². The third-order valence-corrected chi connectivity index (χ3v) is 4.87. The fraction of sp³-hybridized carbons (Fsp3) is 0.235. The van der Waals surface area contributed by atoms with E-state index in [0.717, 1.165) is 10.6 Å². The van der Waals surface area contributed by atoms with Crippen LogP contribution in [0.5, 0.6) is 5.75 Å². The first-order chi connectivity index (χ1) is 11.3. The summed E-state index contributed by atoms with van der Waals surface area (Å²) < 4.78 is 30.0. The van der Waals surface area contributed by atoms with E-state index in [1.54, 1.807) is 55.6 Å². The predicted octanol–water partition coefficient (Wildman–Crippen LogP) is 2.27. The predicted molar refractivity (Wildman–Crippen MR) is 93.4 cm³/mol. The average molecular weight is 348 g/mol. The molecule has 0 aromatic heterocycles. The summed E-state index contributed by atoms with van der Waals surface area (Å²) in [6.07, 6.45) is 1.07. The molecule has 128 valence electrons. The molecule has 0 spiro atoms. The van der Waals surface area contributed by atoms with Crippen molar-refractivity contribution in [1.29, 1.82) is 0 Å². The second-order valence-electron chi connectivity index (χ2n) is 5.31. The van der Waals surface area contributed by atoms with Crippen LogP contribution < -0.4 is 10.1 Å². The number of anilines is 1. The largest absolute Gasteiger partial charge is 0.497 e. The van der Waals surface area contributed by atoms with E-state index in [2.05, 4.69) is 5.32 Å². The second kappa shape index (κ2) is 7.46. The van der Waals surface area contributed by atoms with Gasteiger partial charge < -0.3 is 10.1 Å². The molecule has 0 fully saturated rings. The summed E-state index contributed by atoms with van der Waals surface area (Å²) in [5, 5.41) is 2.74. The number of nitrogens with zero attached hydrogens (tertiary/aromatic N) is 1. The molecule has 0 bridgehead atoms. The normalized spacial score (nSPS) is 12.7. The smallest absolute Gasteiger partial charge is 0.247 e. The number of hydrogen-bond acceptors (Lipinski definition) is 4. The van der Waals surface area contributed by atoms with E-state index >= 15 is 0 Å². The van der Waals surface area contributed by atoms with Crippen molar-refractivity contribution >= 4 is 21.6 Å². The van der Waals surface area contributed by atoms with Gasteiger partial charge in [-0.3, -0.25) is 4.79 Å². The van der Waals surface area contributed by atoms with Gasteiger partial charge in [0.2, 0.25) is 15.9 Å². The molecule has 24 heavy (non-hydrogen) atoms. The monoisotopic (exact) mass is 348 g/mol. The first-order valence-corrected chi connectivity index (χ1v) is 9.10. The third kappa shape index (κ3) is 4.33. The van der Waals surface area contributed by atoms with Gasteiger partial charge in [-0.2, -0.15) is 4.31 Å². The van der Waals surface area contributed by atoms with E-state index in [4.69, 9.17) is 4.74 Å². The van der Waals surface area contributed by atoms with E-state index in [0.29, 0.717) is 17.0 Å². The molecular weight excluding hydrogens is 328 g/mol. The molecule has 1 unspecified atom stereocenters. The Morgan fingerprint density at radius 2 is 1.67 bits per heavy atom. The van der Waals surface area contributed by atoms with Crippen LogP contribution in [0.3, 0.4) is 0 Å². The molecule has 0 saturated heterocycles. The zero-order valence-corrected chi connectivity index (χ0v) is 14.6. The Morgan fingerprint density at radius 1 is 1.08 bits per heavy atom. The molecule has 6 nitrogen and oxygen atoms in total. The summed E-state index contributed by atoms with van der Waals surface area (Å²) in [5.74, 6) is 0.236. The minimum atomic E-state index is -3.55. The lowest BCUT2D eigenvalue weighted by Gasteiger charge is -2.25. The molecule has 0 aliphatic heterocycles. The number of ether oxygens (including phenoxy) is 1. The fourth-order valence-corrected chi connectivity index (χ4v) is 2.84. The summed E-state index contributed by atoms with van der Waals surface area (Å²) >= 11 is 0. The summed E-state index contributed by atoms with van der Waals surface area (Å²) in [7, 11) is -0.601. The SMILES string of the molecule is COc1ccc(NC(=O)C(c2ccccc2)N(C)S(C)(=O)=O)cc1. The Hall–Kier alpha value is -2.38. The first kappa shape index (κ1) is 18.0. The topological polar surface area (TPSA) is 75.7 Å². The maximum absolute atomic E-state index is 12.7.